The van der Waals surface area contributed by atoms with Gasteiger partial charge in [-0.25, -0.2) is 8.42 Å². The summed E-state index contributed by atoms with van der Waals surface area (Å²) in [6.45, 7) is -0.678. The van der Waals surface area contributed by atoms with E-state index in [0.29, 0.717) is 6.29 Å². The highest BCUT2D eigenvalue weighted by molar-refractivity contribution is 7.91. The fourth-order valence-corrected chi connectivity index (χ4v) is 2.69. The van der Waals surface area contributed by atoms with Crippen molar-refractivity contribution in [2.24, 2.45) is 0 Å². The molecule has 1 rings (SSSR count). The number of rotatable bonds is 5. The van der Waals surface area contributed by atoms with Gasteiger partial charge < -0.3 is 0 Å². The molecule has 0 aliphatic rings. The quantitative estimate of drug-likeness (QED) is 0.722. The standard InChI is InChI=1S/C10H11FO3S/c11-6-3-7-15(13,14)10-5-2-1-4-9(10)8-12/h1-2,4-5,8H,3,6-7H2. The van der Waals surface area contributed by atoms with Crippen molar-refractivity contribution in [3.8, 4) is 0 Å². The highest BCUT2D eigenvalue weighted by Crippen LogP contribution is 2.15. The number of aldehydes is 1. The maximum Gasteiger partial charge on any atom is 0.179 e. The van der Waals surface area contributed by atoms with Gasteiger partial charge in [0.15, 0.2) is 16.1 Å². The maximum atomic E-state index is 11.9. The smallest absolute Gasteiger partial charge is 0.179 e. The third-order valence-electron chi connectivity index (χ3n) is 1.93. The first-order valence-corrected chi connectivity index (χ1v) is 6.10. The van der Waals surface area contributed by atoms with Gasteiger partial charge in [0.2, 0.25) is 0 Å². The molecule has 0 aromatic heterocycles. The molecule has 82 valence electrons. The van der Waals surface area contributed by atoms with Crippen molar-refractivity contribution in [3.63, 3.8) is 0 Å². The minimum absolute atomic E-state index is 0.0200. The van der Waals surface area contributed by atoms with E-state index in [0.717, 1.165) is 0 Å². The minimum Gasteiger partial charge on any atom is -0.298 e. The van der Waals surface area contributed by atoms with Crippen molar-refractivity contribution in [3.05, 3.63) is 29.8 Å². The summed E-state index contributed by atoms with van der Waals surface area (Å²) in [5.74, 6) is -0.269. The summed E-state index contributed by atoms with van der Waals surface area (Å²) in [6.07, 6.45) is 0.442. The van der Waals surface area contributed by atoms with E-state index in [4.69, 9.17) is 0 Å². The molecule has 5 heteroatoms. The van der Waals surface area contributed by atoms with Gasteiger partial charge in [-0.15, -0.1) is 0 Å². The van der Waals surface area contributed by atoms with Gasteiger partial charge in [-0.3, -0.25) is 9.18 Å². The van der Waals surface area contributed by atoms with Crippen LogP contribution in [0.15, 0.2) is 29.2 Å². The van der Waals surface area contributed by atoms with Crippen molar-refractivity contribution in [1.82, 2.24) is 0 Å². The molecule has 0 saturated carbocycles. The average Bonchev–Trinajstić information content (AvgIpc) is 2.26. The summed E-state index contributed by atoms with van der Waals surface area (Å²) in [7, 11) is -3.54. The van der Waals surface area contributed by atoms with Crippen molar-refractivity contribution < 1.29 is 17.6 Å². The topological polar surface area (TPSA) is 51.2 Å². The molecule has 3 nitrogen and oxygen atoms in total. The molecule has 15 heavy (non-hydrogen) atoms. The molecule has 0 N–H and O–H groups in total. The lowest BCUT2D eigenvalue weighted by Gasteiger charge is -2.04. The number of benzene rings is 1. The monoisotopic (exact) mass is 230 g/mol. The van der Waals surface area contributed by atoms with Crippen LogP contribution >= 0.6 is 0 Å². The number of carbonyl (C=O) groups is 1. The van der Waals surface area contributed by atoms with Crippen LogP contribution in [0.4, 0.5) is 4.39 Å². The molecule has 0 amide bonds. The summed E-state index contributed by atoms with van der Waals surface area (Å²) < 4.78 is 35.2. The van der Waals surface area contributed by atoms with Crippen LogP contribution in [0.25, 0.3) is 0 Å². The van der Waals surface area contributed by atoms with E-state index in [-0.39, 0.29) is 22.6 Å². The van der Waals surface area contributed by atoms with Crippen LogP contribution < -0.4 is 0 Å². The lowest BCUT2D eigenvalue weighted by Crippen LogP contribution is -2.09. The van der Waals surface area contributed by atoms with Gasteiger partial charge in [0.05, 0.1) is 17.3 Å². The van der Waals surface area contributed by atoms with Crippen LogP contribution in [-0.2, 0) is 9.84 Å². The third-order valence-corrected chi connectivity index (χ3v) is 3.80. The Hall–Kier alpha value is -1.23. The zero-order chi connectivity index (χ0) is 11.3. The molecule has 0 heterocycles. The molecule has 0 atom stereocenters. The first-order valence-electron chi connectivity index (χ1n) is 4.45. The van der Waals surface area contributed by atoms with Gasteiger partial charge in [0, 0.05) is 5.56 Å². The van der Waals surface area contributed by atoms with Gasteiger partial charge in [0.25, 0.3) is 0 Å². The normalized spacial score (nSPS) is 11.3. The Kier molecular flexibility index (Phi) is 3.96. The molecule has 0 bridgehead atoms. The summed E-state index contributed by atoms with van der Waals surface area (Å²) in [5, 5.41) is 0. The highest BCUT2D eigenvalue weighted by atomic mass is 32.2. The van der Waals surface area contributed by atoms with Gasteiger partial charge in [-0.2, -0.15) is 0 Å². The van der Waals surface area contributed by atoms with Crippen molar-refractivity contribution in [1.29, 1.82) is 0 Å². The van der Waals surface area contributed by atoms with Crippen LogP contribution in [0.3, 0.4) is 0 Å². The van der Waals surface area contributed by atoms with Gasteiger partial charge >= 0.3 is 0 Å². The number of halogens is 1. The third kappa shape index (κ3) is 2.86. The van der Waals surface area contributed by atoms with Gasteiger partial charge in [0.1, 0.15) is 0 Å². The first-order chi connectivity index (χ1) is 7.11. The Morgan fingerprint density at radius 3 is 2.53 bits per heavy atom. The van der Waals surface area contributed by atoms with E-state index in [1.807, 2.05) is 0 Å². The lowest BCUT2D eigenvalue weighted by molar-refractivity contribution is 0.112. The van der Waals surface area contributed by atoms with Crippen molar-refractivity contribution in [2.75, 3.05) is 12.4 Å². The Morgan fingerprint density at radius 2 is 1.93 bits per heavy atom. The Morgan fingerprint density at radius 1 is 1.27 bits per heavy atom. The van der Waals surface area contributed by atoms with Gasteiger partial charge in [-0.05, 0) is 12.5 Å². The van der Waals surface area contributed by atoms with Crippen LogP contribution in [0.2, 0.25) is 0 Å². The van der Waals surface area contributed by atoms with Crippen LogP contribution in [0.1, 0.15) is 16.8 Å². The summed E-state index contributed by atoms with van der Waals surface area (Å²) in [5.41, 5.74) is 0.122. The number of sulfone groups is 1. The Balaban J connectivity index is 3.09. The van der Waals surface area contributed by atoms with E-state index in [9.17, 15) is 17.6 Å². The Labute approximate surface area is 87.8 Å². The zero-order valence-corrected chi connectivity index (χ0v) is 8.84. The van der Waals surface area contributed by atoms with E-state index in [1.54, 1.807) is 6.07 Å². The van der Waals surface area contributed by atoms with Crippen LogP contribution in [0, 0.1) is 0 Å². The summed E-state index contributed by atoms with van der Waals surface area (Å²) in [4.78, 5) is 10.6. The van der Waals surface area contributed by atoms with E-state index in [2.05, 4.69) is 0 Å². The van der Waals surface area contributed by atoms with Crippen LogP contribution in [0.5, 0.6) is 0 Å². The van der Waals surface area contributed by atoms with Gasteiger partial charge in [-0.1, -0.05) is 18.2 Å². The number of carbonyl (C=O) groups excluding carboxylic acids is 1. The fourth-order valence-electron chi connectivity index (χ4n) is 1.22. The summed E-state index contributed by atoms with van der Waals surface area (Å²) in [6, 6.07) is 5.90. The largest absolute Gasteiger partial charge is 0.298 e. The molecular formula is C10H11FO3S. The minimum atomic E-state index is -3.54. The predicted octanol–water partition coefficient (Wildman–Crippen LogP) is 1.63. The van der Waals surface area contributed by atoms with E-state index in [1.165, 1.54) is 18.2 Å². The Bertz CT molecular complexity index is 440. The number of hydrogen-bond acceptors (Lipinski definition) is 3. The SMILES string of the molecule is O=Cc1ccccc1S(=O)(=O)CCCF. The average molecular weight is 230 g/mol. The molecule has 0 spiro atoms. The van der Waals surface area contributed by atoms with E-state index >= 15 is 0 Å². The lowest BCUT2D eigenvalue weighted by atomic mass is 10.2. The number of hydrogen-bond donors (Lipinski definition) is 0. The molecule has 1 aromatic rings. The highest BCUT2D eigenvalue weighted by Gasteiger charge is 2.17. The molecule has 1 aromatic carbocycles. The number of alkyl halides is 1. The van der Waals surface area contributed by atoms with Crippen molar-refractivity contribution >= 4 is 16.1 Å². The van der Waals surface area contributed by atoms with Crippen molar-refractivity contribution in [2.45, 2.75) is 11.3 Å². The second kappa shape index (κ2) is 5.02. The zero-order valence-electron chi connectivity index (χ0n) is 8.02. The van der Waals surface area contributed by atoms with E-state index < -0.39 is 16.5 Å². The molecule has 0 aliphatic carbocycles. The predicted molar refractivity (Wildman–Crippen MR) is 54.5 cm³/mol. The second-order valence-corrected chi connectivity index (χ2v) is 5.09. The molecule has 0 saturated heterocycles. The maximum absolute atomic E-state index is 11.9. The fraction of sp³-hybridized carbons (Fsp3) is 0.300. The molecular weight excluding hydrogens is 219 g/mol. The molecule has 0 radical (unpaired) electrons. The molecule has 0 aliphatic heterocycles. The molecule has 0 fully saturated rings. The van der Waals surface area contributed by atoms with Crippen LogP contribution in [-0.4, -0.2) is 27.1 Å². The summed E-state index contributed by atoms with van der Waals surface area (Å²) >= 11 is 0. The first kappa shape index (κ1) is 11.8. The molecule has 0 unspecified atom stereocenters. The second-order valence-electron chi connectivity index (χ2n) is 3.02.